The van der Waals surface area contributed by atoms with Gasteiger partial charge in [-0.15, -0.1) is 0 Å². The number of hydrogen-bond acceptors (Lipinski definition) is 6. The number of aliphatic hydroxyl groups excluding tert-OH is 2. The van der Waals surface area contributed by atoms with Gasteiger partial charge in [-0.2, -0.15) is 4.31 Å². The first-order valence-electron chi connectivity index (χ1n) is 7.23. The minimum atomic E-state index is -3.14. The van der Waals surface area contributed by atoms with Crippen molar-refractivity contribution in [1.29, 1.82) is 0 Å². The van der Waals surface area contributed by atoms with E-state index in [0.717, 1.165) is 11.4 Å². The molecule has 3 N–H and O–H groups in total. The Kier molecular flexibility index (Phi) is 5.63. The molecule has 0 amide bonds. The van der Waals surface area contributed by atoms with Crippen molar-refractivity contribution in [2.45, 2.75) is 6.10 Å². The van der Waals surface area contributed by atoms with Crippen LogP contribution in [0.1, 0.15) is 0 Å². The van der Waals surface area contributed by atoms with Crippen molar-refractivity contribution in [1.82, 2.24) is 4.31 Å². The third-order valence-corrected chi connectivity index (χ3v) is 4.99. The molecular weight excluding hydrogens is 306 g/mol. The van der Waals surface area contributed by atoms with E-state index in [9.17, 15) is 13.5 Å². The van der Waals surface area contributed by atoms with E-state index in [-0.39, 0.29) is 13.2 Å². The molecule has 2 rings (SSSR count). The third-order valence-electron chi connectivity index (χ3n) is 3.69. The van der Waals surface area contributed by atoms with Crippen LogP contribution < -0.4 is 10.2 Å². The zero-order valence-corrected chi connectivity index (χ0v) is 13.5. The molecule has 1 saturated heterocycles. The monoisotopic (exact) mass is 329 g/mol. The normalized spacial score (nSPS) is 18.2. The lowest BCUT2D eigenvalue weighted by atomic mass is 10.2. The molecule has 0 radical (unpaired) electrons. The lowest BCUT2D eigenvalue weighted by Gasteiger charge is -2.35. The number of aliphatic hydroxyl groups is 2. The van der Waals surface area contributed by atoms with Crippen LogP contribution in [0.3, 0.4) is 0 Å². The quantitative estimate of drug-likeness (QED) is 0.654. The van der Waals surface area contributed by atoms with Gasteiger partial charge in [-0.05, 0) is 12.1 Å². The van der Waals surface area contributed by atoms with Crippen molar-refractivity contribution in [2.24, 2.45) is 0 Å². The molecule has 22 heavy (non-hydrogen) atoms. The van der Waals surface area contributed by atoms with Crippen molar-refractivity contribution < 1.29 is 18.6 Å². The maximum absolute atomic E-state index is 11.6. The smallest absolute Gasteiger partial charge is 0.211 e. The van der Waals surface area contributed by atoms with Crippen LogP contribution in [0.5, 0.6) is 0 Å². The van der Waals surface area contributed by atoms with Crippen LogP contribution in [0.25, 0.3) is 0 Å². The van der Waals surface area contributed by atoms with Gasteiger partial charge in [-0.1, -0.05) is 12.1 Å². The Bertz CT molecular complexity index is 586. The molecule has 7 nitrogen and oxygen atoms in total. The molecule has 1 unspecified atom stereocenters. The summed E-state index contributed by atoms with van der Waals surface area (Å²) in [4.78, 5) is 2.12. The van der Waals surface area contributed by atoms with E-state index < -0.39 is 16.1 Å². The highest BCUT2D eigenvalue weighted by Crippen LogP contribution is 2.26. The average molecular weight is 329 g/mol. The summed E-state index contributed by atoms with van der Waals surface area (Å²) in [5, 5.41) is 21.4. The first-order valence-corrected chi connectivity index (χ1v) is 9.08. The summed E-state index contributed by atoms with van der Waals surface area (Å²) in [6.45, 7) is 2.14. The van der Waals surface area contributed by atoms with E-state index in [4.69, 9.17) is 5.11 Å². The van der Waals surface area contributed by atoms with Crippen molar-refractivity contribution in [2.75, 3.05) is 55.8 Å². The van der Waals surface area contributed by atoms with E-state index >= 15 is 0 Å². The highest BCUT2D eigenvalue weighted by molar-refractivity contribution is 7.88. The van der Waals surface area contributed by atoms with Gasteiger partial charge in [0.15, 0.2) is 0 Å². The summed E-state index contributed by atoms with van der Waals surface area (Å²) in [5.41, 5.74) is 1.84. The van der Waals surface area contributed by atoms with Crippen LogP contribution in [0.4, 0.5) is 11.4 Å². The van der Waals surface area contributed by atoms with E-state index in [2.05, 4.69) is 10.2 Å². The van der Waals surface area contributed by atoms with Crippen LogP contribution in [0.15, 0.2) is 24.3 Å². The third kappa shape index (κ3) is 4.33. The summed E-state index contributed by atoms with van der Waals surface area (Å²) >= 11 is 0. The predicted molar refractivity (Wildman–Crippen MR) is 86.7 cm³/mol. The van der Waals surface area contributed by atoms with Crippen molar-refractivity contribution in [3.8, 4) is 0 Å². The van der Waals surface area contributed by atoms with Crippen LogP contribution >= 0.6 is 0 Å². The Balaban J connectivity index is 2.04. The molecular formula is C14H23N3O4S. The van der Waals surface area contributed by atoms with Gasteiger partial charge in [0.1, 0.15) is 0 Å². The molecule has 1 atom stereocenters. The minimum absolute atomic E-state index is 0.261. The second-order valence-corrected chi connectivity index (χ2v) is 7.37. The van der Waals surface area contributed by atoms with Gasteiger partial charge in [0.05, 0.1) is 30.3 Å². The molecule has 1 aromatic rings. The highest BCUT2D eigenvalue weighted by Gasteiger charge is 2.24. The van der Waals surface area contributed by atoms with E-state index in [1.54, 1.807) is 0 Å². The molecule has 0 saturated carbocycles. The number of hydrogen-bond donors (Lipinski definition) is 3. The van der Waals surface area contributed by atoms with Crippen LogP contribution in [-0.2, 0) is 10.0 Å². The Labute approximate surface area is 131 Å². The summed E-state index contributed by atoms with van der Waals surface area (Å²) in [5.74, 6) is 0. The summed E-state index contributed by atoms with van der Waals surface area (Å²) in [6, 6.07) is 7.68. The molecule has 8 heteroatoms. The largest absolute Gasteiger partial charge is 0.394 e. The maximum Gasteiger partial charge on any atom is 0.211 e. The lowest BCUT2D eigenvalue weighted by Crippen LogP contribution is -2.48. The molecule has 124 valence electrons. The van der Waals surface area contributed by atoms with Gasteiger partial charge in [0, 0.05) is 32.7 Å². The number of sulfonamides is 1. The topological polar surface area (TPSA) is 93.1 Å². The van der Waals surface area contributed by atoms with E-state index in [1.807, 2.05) is 24.3 Å². The Morgan fingerprint density at radius 2 is 1.86 bits per heavy atom. The van der Waals surface area contributed by atoms with Crippen LogP contribution in [-0.4, -0.2) is 74.6 Å². The fourth-order valence-electron chi connectivity index (χ4n) is 2.45. The zero-order chi connectivity index (χ0) is 16.2. The van der Waals surface area contributed by atoms with Gasteiger partial charge < -0.3 is 20.4 Å². The molecule has 1 aliphatic heterocycles. The van der Waals surface area contributed by atoms with Gasteiger partial charge in [-0.3, -0.25) is 0 Å². The van der Waals surface area contributed by atoms with Gasteiger partial charge >= 0.3 is 0 Å². The first-order chi connectivity index (χ1) is 10.4. The second kappa shape index (κ2) is 7.28. The standard InChI is InChI=1S/C14H23N3O4S/c1-22(20,21)17-8-6-16(7-9-17)14-5-3-2-4-13(14)15-10-12(19)11-18/h2-5,12,15,18-19H,6-11H2,1H3. The number of nitrogens with one attached hydrogen (secondary N) is 1. The Morgan fingerprint density at radius 3 is 2.45 bits per heavy atom. The number of rotatable bonds is 6. The average Bonchev–Trinajstić information content (AvgIpc) is 2.52. The molecule has 0 spiro atoms. The first kappa shape index (κ1) is 17.0. The number of piperazine rings is 1. The second-order valence-electron chi connectivity index (χ2n) is 5.38. The van der Waals surface area contributed by atoms with E-state index in [0.29, 0.717) is 26.2 Å². The van der Waals surface area contributed by atoms with Gasteiger partial charge in [0.25, 0.3) is 0 Å². The summed E-state index contributed by atoms with van der Waals surface area (Å²) in [7, 11) is -3.14. The van der Waals surface area contributed by atoms with E-state index in [1.165, 1.54) is 10.6 Å². The molecule has 1 aliphatic rings. The highest BCUT2D eigenvalue weighted by atomic mass is 32.2. The lowest BCUT2D eigenvalue weighted by molar-refractivity contribution is 0.105. The number of nitrogens with zero attached hydrogens (tertiary/aromatic N) is 2. The van der Waals surface area contributed by atoms with Crippen LogP contribution in [0, 0.1) is 0 Å². The Morgan fingerprint density at radius 1 is 1.23 bits per heavy atom. The van der Waals surface area contributed by atoms with Crippen molar-refractivity contribution in [3.63, 3.8) is 0 Å². The maximum atomic E-state index is 11.6. The number of para-hydroxylation sites is 2. The summed E-state index contributed by atoms with van der Waals surface area (Å²) < 4.78 is 24.6. The number of anilines is 2. The molecule has 1 fully saturated rings. The molecule has 0 bridgehead atoms. The summed E-state index contributed by atoms with van der Waals surface area (Å²) in [6.07, 6.45) is 0.421. The minimum Gasteiger partial charge on any atom is -0.394 e. The molecule has 1 heterocycles. The zero-order valence-electron chi connectivity index (χ0n) is 12.6. The Hall–Kier alpha value is -1.35. The number of benzene rings is 1. The van der Waals surface area contributed by atoms with Crippen LogP contribution in [0.2, 0.25) is 0 Å². The fraction of sp³-hybridized carbons (Fsp3) is 0.571. The van der Waals surface area contributed by atoms with Crippen molar-refractivity contribution >= 4 is 21.4 Å². The van der Waals surface area contributed by atoms with Gasteiger partial charge in [0.2, 0.25) is 10.0 Å². The van der Waals surface area contributed by atoms with Crippen molar-refractivity contribution in [3.05, 3.63) is 24.3 Å². The SMILES string of the molecule is CS(=O)(=O)N1CCN(c2ccccc2NCC(O)CO)CC1. The van der Waals surface area contributed by atoms with Gasteiger partial charge in [-0.25, -0.2) is 8.42 Å². The molecule has 0 aromatic heterocycles. The predicted octanol–water partition coefficient (Wildman–Crippen LogP) is -0.467. The molecule has 1 aromatic carbocycles. The molecule has 0 aliphatic carbocycles. The fourth-order valence-corrected chi connectivity index (χ4v) is 3.28.